The summed E-state index contributed by atoms with van der Waals surface area (Å²) in [5.74, 6) is 0.596. The van der Waals surface area contributed by atoms with Gasteiger partial charge in [0.1, 0.15) is 11.3 Å². The van der Waals surface area contributed by atoms with E-state index in [2.05, 4.69) is 21.1 Å². The average Bonchev–Trinajstić information content (AvgIpc) is 2.81. The molecule has 1 aromatic heterocycles. The molecule has 0 atom stereocenters. The number of carbonyl (C=O) groups excluding carboxylic acids is 1. The van der Waals surface area contributed by atoms with Crippen LogP contribution in [-0.2, 0) is 13.0 Å². The van der Waals surface area contributed by atoms with Crippen molar-refractivity contribution in [1.82, 2.24) is 10.1 Å². The summed E-state index contributed by atoms with van der Waals surface area (Å²) in [6.07, 6.45) is 0.661. The highest BCUT2D eigenvalue weighted by atomic mass is 79.9. The Hall–Kier alpha value is -1.62. The molecular weight excluding hydrogens is 320 g/mol. The van der Waals surface area contributed by atoms with E-state index in [4.69, 9.17) is 4.52 Å². The van der Waals surface area contributed by atoms with E-state index < -0.39 is 0 Å². The van der Waals surface area contributed by atoms with E-state index in [1.165, 1.54) is 0 Å². The molecule has 0 unspecified atom stereocenters. The van der Waals surface area contributed by atoms with Crippen LogP contribution in [0.5, 0.6) is 0 Å². The van der Waals surface area contributed by atoms with Crippen molar-refractivity contribution in [3.8, 4) is 0 Å². The molecule has 5 heteroatoms. The third kappa shape index (κ3) is 3.10. The van der Waals surface area contributed by atoms with Crippen molar-refractivity contribution in [2.75, 3.05) is 7.05 Å². The maximum atomic E-state index is 12.5. The lowest BCUT2D eigenvalue weighted by molar-refractivity contribution is 0.0782. The SMILES string of the molecule is CCc1onc(C)c1C(=O)N(C)Cc1ccc(Br)cc1. The Labute approximate surface area is 126 Å². The minimum absolute atomic E-state index is 0.0523. The molecule has 1 heterocycles. The molecule has 4 nitrogen and oxygen atoms in total. The Bertz CT molecular complexity index is 605. The van der Waals surface area contributed by atoms with Gasteiger partial charge in [0.25, 0.3) is 5.91 Å². The molecule has 106 valence electrons. The van der Waals surface area contributed by atoms with E-state index in [1.54, 1.807) is 18.9 Å². The first-order valence-corrected chi connectivity index (χ1v) is 7.27. The summed E-state index contributed by atoms with van der Waals surface area (Å²) < 4.78 is 6.20. The van der Waals surface area contributed by atoms with Crippen LogP contribution in [-0.4, -0.2) is 23.0 Å². The summed E-state index contributed by atoms with van der Waals surface area (Å²) >= 11 is 3.40. The number of halogens is 1. The standard InChI is InChI=1S/C15H17BrN2O2/c1-4-13-14(10(2)17-20-13)15(19)18(3)9-11-5-7-12(16)8-6-11/h5-8H,4,9H2,1-3H3. The second-order valence-corrected chi connectivity index (χ2v) is 5.62. The Morgan fingerprint density at radius 1 is 1.35 bits per heavy atom. The number of aromatic nitrogens is 1. The maximum Gasteiger partial charge on any atom is 0.259 e. The quantitative estimate of drug-likeness (QED) is 0.857. The van der Waals surface area contributed by atoms with Gasteiger partial charge in [0, 0.05) is 24.5 Å². The molecule has 1 aromatic carbocycles. The third-order valence-electron chi connectivity index (χ3n) is 3.15. The highest BCUT2D eigenvalue weighted by Crippen LogP contribution is 2.18. The predicted molar refractivity (Wildman–Crippen MR) is 80.6 cm³/mol. The minimum atomic E-state index is -0.0523. The number of hydrogen-bond donors (Lipinski definition) is 0. The van der Waals surface area contributed by atoms with Gasteiger partial charge in [0.15, 0.2) is 0 Å². The average molecular weight is 337 g/mol. The zero-order valence-corrected chi connectivity index (χ0v) is 13.4. The van der Waals surface area contributed by atoms with Crippen molar-refractivity contribution in [2.45, 2.75) is 26.8 Å². The fraction of sp³-hybridized carbons (Fsp3) is 0.333. The molecular formula is C15H17BrN2O2. The summed E-state index contributed by atoms with van der Waals surface area (Å²) in [4.78, 5) is 14.2. The molecule has 20 heavy (non-hydrogen) atoms. The molecule has 2 rings (SSSR count). The molecule has 1 amide bonds. The monoisotopic (exact) mass is 336 g/mol. The molecule has 2 aromatic rings. The van der Waals surface area contributed by atoms with E-state index in [0.717, 1.165) is 10.0 Å². The normalized spacial score (nSPS) is 10.6. The number of benzene rings is 1. The lowest BCUT2D eigenvalue weighted by Crippen LogP contribution is -2.27. The van der Waals surface area contributed by atoms with Crippen LogP contribution in [0.15, 0.2) is 33.3 Å². The lowest BCUT2D eigenvalue weighted by Gasteiger charge is -2.17. The van der Waals surface area contributed by atoms with Crippen LogP contribution in [0.4, 0.5) is 0 Å². The van der Waals surface area contributed by atoms with Crippen molar-refractivity contribution >= 4 is 21.8 Å². The van der Waals surface area contributed by atoms with Gasteiger partial charge in [-0.2, -0.15) is 0 Å². The first-order valence-electron chi connectivity index (χ1n) is 6.48. The van der Waals surface area contributed by atoms with Gasteiger partial charge in [0.2, 0.25) is 0 Å². The smallest absolute Gasteiger partial charge is 0.259 e. The van der Waals surface area contributed by atoms with E-state index in [9.17, 15) is 4.79 Å². The molecule has 0 spiro atoms. The number of rotatable bonds is 4. The third-order valence-corrected chi connectivity index (χ3v) is 3.68. The summed E-state index contributed by atoms with van der Waals surface area (Å²) in [5, 5.41) is 3.88. The fourth-order valence-electron chi connectivity index (χ4n) is 2.06. The zero-order valence-electron chi connectivity index (χ0n) is 11.8. The topological polar surface area (TPSA) is 46.3 Å². The molecule has 0 aliphatic rings. The second-order valence-electron chi connectivity index (χ2n) is 4.71. The van der Waals surface area contributed by atoms with E-state index in [0.29, 0.717) is 30.0 Å². The minimum Gasteiger partial charge on any atom is -0.360 e. The number of hydrogen-bond acceptors (Lipinski definition) is 3. The van der Waals surface area contributed by atoms with Crippen molar-refractivity contribution in [2.24, 2.45) is 0 Å². The Morgan fingerprint density at radius 3 is 2.60 bits per heavy atom. The molecule has 0 radical (unpaired) electrons. The van der Waals surface area contributed by atoms with Gasteiger partial charge in [-0.25, -0.2) is 0 Å². The Kier molecular flexibility index (Phi) is 4.60. The van der Waals surface area contributed by atoms with Crippen molar-refractivity contribution < 1.29 is 9.32 Å². The lowest BCUT2D eigenvalue weighted by atomic mass is 10.1. The molecule has 0 fully saturated rings. The Morgan fingerprint density at radius 2 is 2.00 bits per heavy atom. The fourth-order valence-corrected chi connectivity index (χ4v) is 2.32. The van der Waals surface area contributed by atoms with Crippen LogP contribution in [0.3, 0.4) is 0 Å². The van der Waals surface area contributed by atoms with Crippen LogP contribution in [0, 0.1) is 6.92 Å². The second kappa shape index (κ2) is 6.22. The van der Waals surface area contributed by atoms with Gasteiger partial charge < -0.3 is 9.42 Å². The molecule has 0 aliphatic heterocycles. The van der Waals surface area contributed by atoms with Gasteiger partial charge in [0.05, 0.1) is 5.69 Å². The van der Waals surface area contributed by atoms with Crippen LogP contribution >= 0.6 is 15.9 Å². The molecule has 0 saturated carbocycles. The van der Waals surface area contributed by atoms with Gasteiger partial charge in [-0.15, -0.1) is 0 Å². The zero-order chi connectivity index (χ0) is 14.7. The number of amides is 1. The predicted octanol–water partition coefficient (Wildman–Crippen LogP) is 3.58. The molecule has 0 bridgehead atoms. The Balaban J connectivity index is 2.16. The van der Waals surface area contributed by atoms with Crippen molar-refractivity contribution in [3.05, 3.63) is 51.3 Å². The summed E-state index contributed by atoms with van der Waals surface area (Å²) in [7, 11) is 1.79. The highest BCUT2D eigenvalue weighted by Gasteiger charge is 2.22. The number of nitrogens with zero attached hydrogens (tertiary/aromatic N) is 2. The summed E-state index contributed by atoms with van der Waals surface area (Å²) in [5.41, 5.74) is 2.32. The first kappa shape index (κ1) is 14.8. The molecule has 0 N–H and O–H groups in total. The largest absolute Gasteiger partial charge is 0.360 e. The number of aryl methyl sites for hydroxylation is 2. The van der Waals surface area contributed by atoms with Crippen molar-refractivity contribution in [1.29, 1.82) is 0 Å². The highest BCUT2D eigenvalue weighted by molar-refractivity contribution is 9.10. The van der Waals surface area contributed by atoms with Crippen molar-refractivity contribution in [3.63, 3.8) is 0 Å². The van der Waals surface area contributed by atoms with Gasteiger partial charge in [-0.05, 0) is 24.6 Å². The molecule has 0 aliphatic carbocycles. The molecule has 0 saturated heterocycles. The van der Waals surface area contributed by atoms with Crippen LogP contribution in [0.25, 0.3) is 0 Å². The van der Waals surface area contributed by atoms with Gasteiger partial charge in [-0.1, -0.05) is 40.1 Å². The first-order chi connectivity index (χ1) is 9.52. The van der Waals surface area contributed by atoms with Gasteiger partial charge >= 0.3 is 0 Å². The summed E-state index contributed by atoms with van der Waals surface area (Å²) in [6, 6.07) is 7.93. The van der Waals surface area contributed by atoms with E-state index >= 15 is 0 Å². The van der Waals surface area contributed by atoms with Crippen LogP contribution in [0.2, 0.25) is 0 Å². The van der Waals surface area contributed by atoms with Crippen LogP contribution in [0.1, 0.15) is 34.3 Å². The summed E-state index contributed by atoms with van der Waals surface area (Å²) in [6.45, 7) is 4.30. The van der Waals surface area contributed by atoms with E-state index in [-0.39, 0.29) is 5.91 Å². The van der Waals surface area contributed by atoms with E-state index in [1.807, 2.05) is 31.2 Å². The van der Waals surface area contributed by atoms with Crippen LogP contribution < -0.4 is 0 Å². The maximum absolute atomic E-state index is 12.5. The van der Waals surface area contributed by atoms with Gasteiger partial charge in [-0.3, -0.25) is 4.79 Å². The number of carbonyl (C=O) groups is 1.